The van der Waals surface area contributed by atoms with Crippen LogP contribution in [0.2, 0.25) is 0 Å². The van der Waals surface area contributed by atoms with Gasteiger partial charge in [-0.3, -0.25) is 0 Å². The summed E-state index contributed by atoms with van der Waals surface area (Å²) >= 11 is 0. The summed E-state index contributed by atoms with van der Waals surface area (Å²) in [5.74, 6) is 0. The number of aliphatic hydroxyl groups is 1. The van der Waals surface area contributed by atoms with Gasteiger partial charge >= 0.3 is 0 Å². The second-order valence-electron chi connectivity index (χ2n) is 3.37. The van der Waals surface area contributed by atoms with Gasteiger partial charge in [-0.15, -0.1) is 0 Å². The molecule has 1 aromatic carbocycles. The number of hydrogen-bond donors (Lipinski definition) is 2. The predicted molar refractivity (Wildman–Crippen MR) is 62.3 cm³/mol. The Kier molecular flexibility index (Phi) is 5.34. The maximum atomic E-state index is 8.99. The van der Waals surface area contributed by atoms with E-state index in [2.05, 4.69) is 11.4 Å². The van der Waals surface area contributed by atoms with Crippen LogP contribution in [-0.2, 0) is 4.74 Å². The van der Waals surface area contributed by atoms with Crippen molar-refractivity contribution >= 4 is 5.69 Å². The van der Waals surface area contributed by atoms with E-state index >= 15 is 0 Å². The smallest absolute Gasteiger partial charge is 0.102 e. The minimum absolute atomic E-state index is 0.0356. The zero-order valence-electron chi connectivity index (χ0n) is 9.36. The molecule has 0 aliphatic rings. The fraction of sp³-hybridized carbons (Fsp3) is 0.417. The molecule has 2 N–H and O–H groups in total. The molecule has 4 nitrogen and oxygen atoms in total. The highest BCUT2D eigenvalue weighted by molar-refractivity contribution is 5.60. The van der Waals surface area contributed by atoms with Gasteiger partial charge in [-0.2, -0.15) is 5.26 Å². The van der Waals surface area contributed by atoms with Crippen LogP contribution in [0.1, 0.15) is 11.1 Å². The SMILES string of the molecule is Cc1cccc(NCCOCCO)c1C#N. The number of benzene rings is 1. The number of nitrogens with one attached hydrogen (secondary N) is 1. The Bertz CT molecular complexity index is 372. The van der Waals surface area contributed by atoms with Crippen molar-refractivity contribution in [2.45, 2.75) is 6.92 Å². The summed E-state index contributed by atoms with van der Waals surface area (Å²) in [6.45, 7) is 3.43. The summed E-state index contributed by atoms with van der Waals surface area (Å²) < 4.78 is 5.11. The third-order valence-corrected chi connectivity index (χ3v) is 2.18. The Balaban J connectivity index is 2.48. The van der Waals surface area contributed by atoms with E-state index in [0.29, 0.717) is 25.3 Å². The molecule has 0 saturated carbocycles. The lowest BCUT2D eigenvalue weighted by Crippen LogP contribution is -2.12. The normalized spacial score (nSPS) is 9.81. The summed E-state index contributed by atoms with van der Waals surface area (Å²) in [4.78, 5) is 0. The first-order chi connectivity index (χ1) is 7.79. The van der Waals surface area contributed by atoms with Crippen LogP contribution in [0.5, 0.6) is 0 Å². The Morgan fingerprint density at radius 3 is 2.94 bits per heavy atom. The number of nitriles is 1. The fourth-order valence-corrected chi connectivity index (χ4v) is 1.39. The van der Waals surface area contributed by atoms with E-state index in [1.807, 2.05) is 25.1 Å². The first-order valence-electron chi connectivity index (χ1n) is 5.21. The quantitative estimate of drug-likeness (QED) is 0.709. The van der Waals surface area contributed by atoms with E-state index in [0.717, 1.165) is 11.3 Å². The molecule has 0 aromatic heterocycles. The van der Waals surface area contributed by atoms with Gasteiger partial charge in [-0.1, -0.05) is 12.1 Å². The molecular formula is C12H16N2O2. The summed E-state index contributed by atoms with van der Waals surface area (Å²) in [6.07, 6.45) is 0. The average molecular weight is 220 g/mol. The zero-order valence-corrected chi connectivity index (χ0v) is 9.36. The summed E-state index contributed by atoms with van der Waals surface area (Å²) in [6, 6.07) is 7.86. The van der Waals surface area contributed by atoms with E-state index in [9.17, 15) is 0 Å². The van der Waals surface area contributed by atoms with Crippen LogP contribution in [0.3, 0.4) is 0 Å². The molecule has 0 saturated heterocycles. The zero-order chi connectivity index (χ0) is 11.8. The minimum Gasteiger partial charge on any atom is -0.394 e. The standard InChI is InChI=1S/C12H16N2O2/c1-10-3-2-4-12(11(10)9-13)14-5-7-16-8-6-15/h2-4,14-15H,5-8H2,1H3. The molecule has 0 atom stereocenters. The lowest BCUT2D eigenvalue weighted by atomic mass is 10.1. The Morgan fingerprint density at radius 2 is 2.25 bits per heavy atom. The van der Waals surface area contributed by atoms with E-state index in [1.165, 1.54) is 0 Å². The largest absolute Gasteiger partial charge is 0.394 e. The summed E-state index contributed by atoms with van der Waals surface area (Å²) in [5, 5.41) is 20.6. The molecule has 0 heterocycles. The molecular weight excluding hydrogens is 204 g/mol. The highest BCUT2D eigenvalue weighted by Crippen LogP contribution is 2.17. The van der Waals surface area contributed by atoms with Crippen molar-refractivity contribution in [1.82, 2.24) is 0 Å². The van der Waals surface area contributed by atoms with Crippen LogP contribution in [0.25, 0.3) is 0 Å². The van der Waals surface area contributed by atoms with Crippen molar-refractivity contribution in [3.63, 3.8) is 0 Å². The van der Waals surface area contributed by atoms with E-state index in [-0.39, 0.29) is 6.61 Å². The van der Waals surface area contributed by atoms with Gasteiger partial charge < -0.3 is 15.2 Å². The first kappa shape index (κ1) is 12.5. The lowest BCUT2D eigenvalue weighted by molar-refractivity contribution is 0.0992. The van der Waals surface area contributed by atoms with Gasteiger partial charge in [-0.05, 0) is 18.6 Å². The van der Waals surface area contributed by atoms with Crippen molar-refractivity contribution in [3.8, 4) is 6.07 Å². The molecule has 4 heteroatoms. The molecule has 16 heavy (non-hydrogen) atoms. The van der Waals surface area contributed by atoms with Gasteiger partial charge in [-0.25, -0.2) is 0 Å². The van der Waals surface area contributed by atoms with Crippen molar-refractivity contribution in [1.29, 1.82) is 5.26 Å². The molecule has 0 bridgehead atoms. The number of ether oxygens (including phenoxy) is 1. The number of rotatable bonds is 6. The molecule has 0 fully saturated rings. The van der Waals surface area contributed by atoms with Gasteiger partial charge in [0.1, 0.15) is 6.07 Å². The van der Waals surface area contributed by atoms with Crippen LogP contribution in [0.4, 0.5) is 5.69 Å². The van der Waals surface area contributed by atoms with Crippen molar-refractivity contribution in [3.05, 3.63) is 29.3 Å². The Labute approximate surface area is 95.5 Å². The van der Waals surface area contributed by atoms with Gasteiger partial charge in [0.25, 0.3) is 0 Å². The topological polar surface area (TPSA) is 65.3 Å². The molecule has 0 aliphatic carbocycles. The molecule has 86 valence electrons. The van der Waals surface area contributed by atoms with Crippen LogP contribution in [0, 0.1) is 18.3 Å². The molecule has 0 unspecified atom stereocenters. The highest BCUT2D eigenvalue weighted by atomic mass is 16.5. The Hall–Kier alpha value is -1.57. The number of nitrogens with zero attached hydrogens (tertiary/aromatic N) is 1. The molecule has 0 radical (unpaired) electrons. The van der Waals surface area contributed by atoms with E-state index < -0.39 is 0 Å². The van der Waals surface area contributed by atoms with Gasteiger partial charge in [0.15, 0.2) is 0 Å². The van der Waals surface area contributed by atoms with Gasteiger partial charge in [0.2, 0.25) is 0 Å². The number of hydrogen-bond acceptors (Lipinski definition) is 4. The van der Waals surface area contributed by atoms with Crippen LogP contribution in [0.15, 0.2) is 18.2 Å². The third-order valence-electron chi connectivity index (χ3n) is 2.18. The van der Waals surface area contributed by atoms with Crippen LogP contribution in [-0.4, -0.2) is 31.5 Å². The molecule has 0 amide bonds. The average Bonchev–Trinajstić information content (AvgIpc) is 2.29. The number of aliphatic hydroxyl groups excluding tert-OH is 1. The van der Waals surface area contributed by atoms with Crippen molar-refractivity contribution < 1.29 is 9.84 Å². The summed E-state index contributed by atoms with van der Waals surface area (Å²) in [7, 11) is 0. The minimum atomic E-state index is 0.0356. The molecule has 0 aliphatic heterocycles. The molecule has 1 rings (SSSR count). The summed E-state index contributed by atoms with van der Waals surface area (Å²) in [5.41, 5.74) is 2.46. The molecule has 0 spiro atoms. The predicted octanol–water partition coefficient (Wildman–Crippen LogP) is 1.29. The van der Waals surface area contributed by atoms with Crippen LogP contribution < -0.4 is 5.32 Å². The Morgan fingerprint density at radius 1 is 1.44 bits per heavy atom. The lowest BCUT2D eigenvalue weighted by Gasteiger charge is -2.09. The third kappa shape index (κ3) is 3.54. The van der Waals surface area contributed by atoms with Crippen LogP contribution >= 0.6 is 0 Å². The second kappa shape index (κ2) is 6.83. The number of anilines is 1. The second-order valence-corrected chi connectivity index (χ2v) is 3.37. The highest BCUT2D eigenvalue weighted by Gasteiger charge is 2.03. The van der Waals surface area contributed by atoms with Gasteiger partial charge in [0.05, 0.1) is 31.1 Å². The fourth-order valence-electron chi connectivity index (χ4n) is 1.39. The monoisotopic (exact) mass is 220 g/mol. The van der Waals surface area contributed by atoms with Crippen molar-refractivity contribution in [2.75, 3.05) is 31.7 Å². The maximum Gasteiger partial charge on any atom is 0.102 e. The number of aryl methyl sites for hydroxylation is 1. The first-order valence-corrected chi connectivity index (χ1v) is 5.21. The van der Waals surface area contributed by atoms with E-state index in [1.54, 1.807) is 0 Å². The van der Waals surface area contributed by atoms with E-state index in [4.69, 9.17) is 15.1 Å². The maximum absolute atomic E-state index is 8.99. The van der Waals surface area contributed by atoms with Crippen molar-refractivity contribution in [2.24, 2.45) is 0 Å². The molecule has 1 aromatic rings. The van der Waals surface area contributed by atoms with Gasteiger partial charge in [0, 0.05) is 6.54 Å².